The molecule has 2 aromatic rings. The number of aromatic nitrogens is 2. The van der Waals surface area contributed by atoms with Gasteiger partial charge in [0, 0.05) is 18.2 Å². The van der Waals surface area contributed by atoms with Gasteiger partial charge in [-0.3, -0.25) is 9.89 Å². The number of ether oxygens (including phenoxy) is 1. The van der Waals surface area contributed by atoms with E-state index in [4.69, 9.17) is 10.5 Å². The van der Waals surface area contributed by atoms with Crippen LogP contribution < -0.4 is 15.8 Å². The Kier molecular flexibility index (Phi) is 6.88. The van der Waals surface area contributed by atoms with Gasteiger partial charge in [-0.25, -0.2) is 0 Å². The Balaban J connectivity index is 0.00000242. The maximum Gasteiger partial charge on any atom is 0.255 e. The minimum absolute atomic E-state index is 0. The van der Waals surface area contributed by atoms with E-state index in [0.717, 1.165) is 17.7 Å². The molecule has 0 aliphatic rings. The third kappa shape index (κ3) is 4.47. The SMILES string of the molecule is COc1ccc(-c2[nH]ncc2C(=O)NCCC(C)N)cc1.Cl. The molecule has 1 amide bonds. The van der Waals surface area contributed by atoms with E-state index in [9.17, 15) is 4.79 Å². The second-order valence-electron chi connectivity index (χ2n) is 4.91. The zero-order valence-electron chi connectivity index (χ0n) is 12.6. The van der Waals surface area contributed by atoms with E-state index in [2.05, 4.69) is 15.5 Å². The van der Waals surface area contributed by atoms with Gasteiger partial charge in [-0.05, 0) is 37.6 Å². The van der Waals surface area contributed by atoms with Crippen molar-refractivity contribution in [3.63, 3.8) is 0 Å². The molecular weight excluding hydrogens is 304 g/mol. The topological polar surface area (TPSA) is 93.0 Å². The van der Waals surface area contributed by atoms with Gasteiger partial charge in [0.25, 0.3) is 5.91 Å². The lowest BCUT2D eigenvalue weighted by molar-refractivity contribution is 0.0953. The Morgan fingerprint density at radius 1 is 1.41 bits per heavy atom. The fraction of sp³-hybridized carbons (Fsp3) is 0.333. The van der Waals surface area contributed by atoms with E-state index in [0.29, 0.717) is 17.8 Å². The van der Waals surface area contributed by atoms with Crippen LogP contribution in [0.25, 0.3) is 11.3 Å². The number of carbonyl (C=O) groups is 1. The van der Waals surface area contributed by atoms with E-state index < -0.39 is 0 Å². The number of benzene rings is 1. The fourth-order valence-electron chi connectivity index (χ4n) is 1.94. The summed E-state index contributed by atoms with van der Waals surface area (Å²) in [5.41, 5.74) is 7.75. The van der Waals surface area contributed by atoms with Crippen LogP contribution in [0.15, 0.2) is 30.5 Å². The molecule has 1 heterocycles. The molecule has 4 N–H and O–H groups in total. The Bertz CT molecular complexity index is 596. The van der Waals surface area contributed by atoms with Crippen LogP contribution in [-0.2, 0) is 0 Å². The van der Waals surface area contributed by atoms with Crippen molar-refractivity contribution in [2.45, 2.75) is 19.4 Å². The van der Waals surface area contributed by atoms with Crippen molar-refractivity contribution < 1.29 is 9.53 Å². The zero-order valence-corrected chi connectivity index (χ0v) is 13.4. The fourth-order valence-corrected chi connectivity index (χ4v) is 1.94. The second-order valence-corrected chi connectivity index (χ2v) is 4.91. The molecule has 7 heteroatoms. The number of nitrogens with zero attached hydrogens (tertiary/aromatic N) is 1. The number of H-pyrrole nitrogens is 1. The number of halogens is 1. The van der Waals surface area contributed by atoms with E-state index in [1.807, 2.05) is 31.2 Å². The van der Waals surface area contributed by atoms with Crippen LogP contribution in [0.5, 0.6) is 5.75 Å². The molecule has 0 aliphatic carbocycles. The normalized spacial score (nSPS) is 11.4. The van der Waals surface area contributed by atoms with E-state index >= 15 is 0 Å². The first kappa shape index (κ1) is 18.0. The highest BCUT2D eigenvalue weighted by Gasteiger charge is 2.15. The highest BCUT2D eigenvalue weighted by Crippen LogP contribution is 2.23. The van der Waals surface area contributed by atoms with Crippen LogP contribution in [0, 0.1) is 0 Å². The van der Waals surface area contributed by atoms with E-state index in [1.54, 1.807) is 7.11 Å². The number of hydrogen-bond donors (Lipinski definition) is 3. The second kappa shape index (κ2) is 8.41. The van der Waals surface area contributed by atoms with Crippen LogP contribution in [-0.4, -0.2) is 35.8 Å². The third-order valence-electron chi connectivity index (χ3n) is 3.15. The summed E-state index contributed by atoms with van der Waals surface area (Å²) in [4.78, 5) is 12.2. The highest BCUT2D eigenvalue weighted by molar-refractivity contribution is 5.99. The molecule has 0 bridgehead atoms. The monoisotopic (exact) mass is 324 g/mol. The van der Waals surface area contributed by atoms with Gasteiger partial charge in [-0.15, -0.1) is 12.4 Å². The number of nitrogens with two attached hydrogens (primary N) is 1. The van der Waals surface area contributed by atoms with Crippen molar-refractivity contribution in [1.29, 1.82) is 0 Å². The Morgan fingerprint density at radius 2 is 2.09 bits per heavy atom. The van der Waals surface area contributed by atoms with Gasteiger partial charge >= 0.3 is 0 Å². The van der Waals surface area contributed by atoms with Crippen molar-refractivity contribution in [3.8, 4) is 17.0 Å². The number of methoxy groups -OCH3 is 1. The molecule has 0 aliphatic heterocycles. The molecule has 120 valence electrons. The van der Waals surface area contributed by atoms with Gasteiger partial charge in [-0.1, -0.05) is 0 Å². The number of rotatable bonds is 6. The predicted molar refractivity (Wildman–Crippen MR) is 88.4 cm³/mol. The zero-order chi connectivity index (χ0) is 15.2. The summed E-state index contributed by atoms with van der Waals surface area (Å²) in [6, 6.07) is 7.51. The Labute approximate surface area is 135 Å². The van der Waals surface area contributed by atoms with Crippen molar-refractivity contribution in [2.75, 3.05) is 13.7 Å². The quantitative estimate of drug-likeness (QED) is 0.757. The summed E-state index contributed by atoms with van der Waals surface area (Å²) in [7, 11) is 1.61. The summed E-state index contributed by atoms with van der Waals surface area (Å²) in [5.74, 6) is 0.608. The molecule has 6 nitrogen and oxygen atoms in total. The highest BCUT2D eigenvalue weighted by atomic mass is 35.5. The lowest BCUT2D eigenvalue weighted by Crippen LogP contribution is -2.29. The van der Waals surface area contributed by atoms with Crippen molar-refractivity contribution in [2.24, 2.45) is 5.73 Å². The molecule has 1 unspecified atom stereocenters. The lowest BCUT2D eigenvalue weighted by atomic mass is 10.1. The van der Waals surface area contributed by atoms with Crippen LogP contribution in [0.2, 0.25) is 0 Å². The molecule has 1 atom stereocenters. The smallest absolute Gasteiger partial charge is 0.255 e. The standard InChI is InChI=1S/C15H20N4O2.ClH/c1-10(16)7-8-17-15(20)13-9-18-19-14(13)11-3-5-12(21-2)6-4-11;/h3-6,9-10H,7-8,16H2,1-2H3,(H,17,20)(H,18,19);1H. The van der Waals surface area contributed by atoms with E-state index in [-0.39, 0.29) is 24.4 Å². The molecule has 1 aromatic heterocycles. The number of aromatic amines is 1. The third-order valence-corrected chi connectivity index (χ3v) is 3.15. The summed E-state index contributed by atoms with van der Waals surface area (Å²) in [6.45, 7) is 2.45. The van der Waals surface area contributed by atoms with Gasteiger partial charge in [-0.2, -0.15) is 5.10 Å². The van der Waals surface area contributed by atoms with Crippen LogP contribution in [0.4, 0.5) is 0 Å². The summed E-state index contributed by atoms with van der Waals surface area (Å²) < 4.78 is 5.12. The molecular formula is C15H21ClN4O2. The molecule has 0 spiro atoms. The van der Waals surface area contributed by atoms with Crippen molar-refractivity contribution in [1.82, 2.24) is 15.5 Å². The maximum atomic E-state index is 12.2. The number of amides is 1. The first-order valence-electron chi connectivity index (χ1n) is 6.83. The molecule has 22 heavy (non-hydrogen) atoms. The molecule has 0 fully saturated rings. The predicted octanol–water partition coefficient (Wildman–Crippen LogP) is 1.97. The summed E-state index contributed by atoms with van der Waals surface area (Å²) >= 11 is 0. The number of nitrogens with one attached hydrogen (secondary N) is 2. The average molecular weight is 325 g/mol. The molecule has 0 saturated heterocycles. The van der Waals surface area contributed by atoms with Crippen molar-refractivity contribution in [3.05, 3.63) is 36.0 Å². The number of carbonyl (C=O) groups excluding carboxylic acids is 1. The maximum absolute atomic E-state index is 12.2. The first-order chi connectivity index (χ1) is 10.1. The van der Waals surface area contributed by atoms with Crippen LogP contribution in [0.3, 0.4) is 0 Å². The van der Waals surface area contributed by atoms with Gasteiger partial charge in [0.05, 0.1) is 24.6 Å². The first-order valence-corrected chi connectivity index (χ1v) is 6.83. The minimum Gasteiger partial charge on any atom is -0.497 e. The average Bonchev–Trinajstić information content (AvgIpc) is 2.96. The minimum atomic E-state index is -0.157. The molecule has 0 saturated carbocycles. The van der Waals surface area contributed by atoms with Gasteiger partial charge < -0.3 is 15.8 Å². The van der Waals surface area contributed by atoms with Gasteiger partial charge in [0.2, 0.25) is 0 Å². The van der Waals surface area contributed by atoms with Crippen LogP contribution in [0.1, 0.15) is 23.7 Å². The largest absolute Gasteiger partial charge is 0.497 e. The Morgan fingerprint density at radius 3 is 2.68 bits per heavy atom. The van der Waals surface area contributed by atoms with Crippen molar-refractivity contribution >= 4 is 18.3 Å². The van der Waals surface area contributed by atoms with Gasteiger partial charge in [0.15, 0.2) is 0 Å². The molecule has 0 radical (unpaired) electrons. The number of hydrogen-bond acceptors (Lipinski definition) is 4. The summed E-state index contributed by atoms with van der Waals surface area (Å²) in [6.07, 6.45) is 2.27. The molecule has 2 rings (SSSR count). The van der Waals surface area contributed by atoms with Crippen LogP contribution >= 0.6 is 12.4 Å². The Hall–Kier alpha value is -2.05. The summed E-state index contributed by atoms with van der Waals surface area (Å²) in [5, 5.41) is 9.67. The van der Waals surface area contributed by atoms with E-state index in [1.165, 1.54) is 6.20 Å². The molecule has 1 aromatic carbocycles. The van der Waals surface area contributed by atoms with Gasteiger partial charge in [0.1, 0.15) is 5.75 Å². The lowest BCUT2D eigenvalue weighted by Gasteiger charge is -2.08.